The van der Waals surface area contributed by atoms with Crippen molar-refractivity contribution in [3.8, 4) is 5.75 Å². The van der Waals surface area contributed by atoms with Crippen LogP contribution in [-0.4, -0.2) is 13.2 Å². The van der Waals surface area contributed by atoms with Crippen LogP contribution in [-0.2, 0) is 6.54 Å². The number of hydrogen-bond acceptors (Lipinski definition) is 2. The van der Waals surface area contributed by atoms with Gasteiger partial charge in [-0.2, -0.15) is 0 Å². The summed E-state index contributed by atoms with van der Waals surface area (Å²) in [5.74, 6) is 0.563. The van der Waals surface area contributed by atoms with Crippen molar-refractivity contribution < 1.29 is 4.74 Å². The number of ether oxygens (including phenoxy) is 1. The van der Waals surface area contributed by atoms with Crippen molar-refractivity contribution in [1.82, 2.24) is 5.32 Å². The number of nitrogens with one attached hydrogen (secondary N) is 1. The average molecular weight is 248 g/mol. The highest BCUT2D eigenvalue weighted by molar-refractivity contribution is 6.37. The molecule has 0 bridgehead atoms. The third-order valence-corrected chi connectivity index (χ3v) is 2.35. The Morgan fingerprint density at radius 3 is 2.20 bits per heavy atom. The maximum atomic E-state index is 6.08. The minimum atomic E-state index is 0.0650. The minimum absolute atomic E-state index is 0.0650. The highest BCUT2D eigenvalue weighted by atomic mass is 35.5. The molecule has 84 valence electrons. The van der Waals surface area contributed by atoms with Gasteiger partial charge < -0.3 is 10.1 Å². The Morgan fingerprint density at radius 1 is 1.27 bits per heavy atom. The molecule has 0 spiro atoms. The highest BCUT2D eigenvalue weighted by Crippen LogP contribution is 2.34. The molecule has 0 radical (unpaired) electrons. The normalized spacial score (nSPS) is 10.8. The highest BCUT2D eigenvalue weighted by Gasteiger charge is 2.10. The lowest BCUT2D eigenvalue weighted by atomic mass is 10.2. The zero-order chi connectivity index (χ0) is 11.4. The zero-order valence-corrected chi connectivity index (χ0v) is 10.6. The Bertz CT molecular complexity index is 316. The first-order valence-electron chi connectivity index (χ1n) is 4.83. The Morgan fingerprint density at radius 2 is 1.80 bits per heavy atom. The van der Waals surface area contributed by atoms with E-state index in [9.17, 15) is 0 Å². The molecule has 1 rings (SSSR count). The van der Waals surface area contributed by atoms with E-state index in [4.69, 9.17) is 27.9 Å². The molecule has 0 fully saturated rings. The number of rotatable bonds is 4. The zero-order valence-electron chi connectivity index (χ0n) is 9.10. The smallest absolute Gasteiger partial charge is 0.156 e. The summed E-state index contributed by atoms with van der Waals surface area (Å²) in [7, 11) is 1.88. The molecule has 0 aliphatic heterocycles. The Hall–Kier alpha value is -0.440. The van der Waals surface area contributed by atoms with E-state index in [1.807, 2.05) is 33.0 Å². The van der Waals surface area contributed by atoms with Crippen molar-refractivity contribution in [2.45, 2.75) is 26.5 Å². The maximum Gasteiger partial charge on any atom is 0.156 e. The molecule has 0 atom stereocenters. The van der Waals surface area contributed by atoms with Crippen LogP contribution < -0.4 is 10.1 Å². The SMILES string of the molecule is CNCc1cc(Cl)c(OC(C)C)c(Cl)c1. The van der Waals surface area contributed by atoms with Crippen LogP contribution in [0.3, 0.4) is 0 Å². The largest absolute Gasteiger partial charge is 0.488 e. The Kier molecular flexibility index (Phi) is 4.71. The van der Waals surface area contributed by atoms with E-state index >= 15 is 0 Å². The second-order valence-corrected chi connectivity index (χ2v) is 4.40. The molecule has 0 amide bonds. The van der Waals surface area contributed by atoms with Gasteiger partial charge in [-0.25, -0.2) is 0 Å². The fraction of sp³-hybridized carbons (Fsp3) is 0.455. The van der Waals surface area contributed by atoms with Gasteiger partial charge in [0.1, 0.15) is 0 Å². The molecule has 0 aromatic heterocycles. The van der Waals surface area contributed by atoms with Crippen LogP contribution in [0.2, 0.25) is 10.0 Å². The van der Waals surface area contributed by atoms with Gasteiger partial charge in [0, 0.05) is 6.54 Å². The Labute approximate surface area is 101 Å². The fourth-order valence-electron chi connectivity index (χ4n) is 1.27. The van der Waals surface area contributed by atoms with E-state index in [2.05, 4.69) is 5.32 Å². The van der Waals surface area contributed by atoms with E-state index in [1.54, 1.807) is 0 Å². The molecule has 0 saturated carbocycles. The molecular weight excluding hydrogens is 233 g/mol. The maximum absolute atomic E-state index is 6.08. The first-order valence-corrected chi connectivity index (χ1v) is 5.59. The minimum Gasteiger partial charge on any atom is -0.488 e. The molecule has 0 heterocycles. The molecule has 0 unspecified atom stereocenters. The summed E-state index contributed by atoms with van der Waals surface area (Å²) in [4.78, 5) is 0. The molecule has 1 aromatic carbocycles. The molecule has 1 aromatic rings. The van der Waals surface area contributed by atoms with E-state index in [-0.39, 0.29) is 6.10 Å². The van der Waals surface area contributed by atoms with Gasteiger partial charge in [-0.3, -0.25) is 0 Å². The van der Waals surface area contributed by atoms with Crippen molar-refractivity contribution in [3.63, 3.8) is 0 Å². The van der Waals surface area contributed by atoms with Crippen molar-refractivity contribution in [3.05, 3.63) is 27.7 Å². The molecule has 1 N–H and O–H groups in total. The lowest BCUT2D eigenvalue weighted by molar-refractivity contribution is 0.242. The Balaban J connectivity index is 2.98. The van der Waals surface area contributed by atoms with Crippen LogP contribution >= 0.6 is 23.2 Å². The lowest BCUT2D eigenvalue weighted by Gasteiger charge is -2.14. The standard InChI is InChI=1S/C11H15Cl2NO/c1-7(2)15-11-9(12)4-8(6-14-3)5-10(11)13/h4-5,7,14H,6H2,1-3H3. The predicted octanol–water partition coefficient (Wildman–Crippen LogP) is 3.50. The lowest BCUT2D eigenvalue weighted by Crippen LogP contribution is -2.08. The molecule has 15 heavy (non-hydrogen) atoms. The van der Waals surface area contributed by atoms with E-state index in [1.165, 1.54) is 0 Å². The van der Waals surface area contributed by atoms with Crippen molar-refractivity contribution in [2.75, 3.05) is 7.05 Å². The topological polar surface area (TPSA) is 21.3 Å². The molecule has 0 aliphatic carbocycles. The first-order chi connectivity index (χ1) is 7.04. The van der Waals surface area contributed by atoms with Gasteiger partial charge in [0.25, 0.3) is 0 Å². The van der Waals surface area contributed by atoms with Crippen LogP contribution in [0.25, 0.3) is 0 Å². The molecule has 2 nitrogen and oxygen atoms in total. The summed E-state index contributed by atoms with van der Waals surface area (Å²) >= 11 is 12.2. The van der Waals surface area contributed by atoms with E-state index < -0.39 is 0 Å². The van der Waals surface area contributed by atoms with Crippen LogP contribution in [0, 0.1) is 0 Å². The third-order valence-electron chi connectivity index (χ3n) is 1.79. The van der Waals surface area contributed by atoms with Gasteiger partial charge in [-0.15, -0.1) is 0 Å². The molecular formula is C11H15Cl2NO. The summed E-state index contributed by atoms with van der Waals surface area (Å²) in [6, 6.07) is 3.73. The van der Waals surface area contributed by atoms with Gasteiger partial charge >= 0.3 is 0 Å². The fourth-order valence-corrected chi connectivity index (χ4v) is 1.89. The summed E-state index contributed by atoms with van der Waals surface area (Å²) in [6.45, 7) is 4.61. The van der Waals surface area contributed by atoms with Crippen LogP contribution in [0.4, 0.5) is 0 Å². The van der Waals surface area contributed by atoms with Crippen LogP contribution in [0.15, 0.2) is 12.1 Å². The second kappa shape index (κ2) is 5.59. The number of hydrogen-bond donors (Lipinski definition) is 1. The summed E-state index contributed by atoms with van der Waals surface area (Å²) < 4.78 is 5.52. The van der Waals surface area contributed by atoms with Crippen molar-refractivity contribution >= 4 is 23.2 Å². The van der Waals surface area contributed by atoms with Gasteiger partial charge in [0.2, 0.25) is 0 Å². The van der Waals surface area contributed by atoms with Crippen LogP contribution in [0.1, 0.15) is 19.4 Å². The second-order valence-electron chi connectivity index (χ2n) is 3.59. The number of benzene rings is 1. The predicted molar refractivity (Wildman–Crippen MR) is 65.0 cm³/mol. The molecule has 4 heteroatoms. The van der Waals surface area contributed by atoms with Crippen molar-refractivity contribution in [2.24, 2.45) is 0 Å². The van der Waals surface area contributed by atoms with Gasteiger partial charge in [-0.05, 0) is 38.6 Å². The quantitative estimate of drug-likeness (QED) is 0.880. The summed E-state index contributed by atoms with van der Waals surface area (Å²) in [6.07, 6.45) is 0.0650. The van der Waals surface area contributed by atoms with E-state index in [0.29, 0.717) is 15.8 Å². The molecule has 0 saturated heterocycles. The monoisotopic (exact) mass is 247 g/mol. The summed E-state index contributed by atoms with van der Waals surface area (Å²) in [5, 5.41) is 4.15. The molecule has 0 aliphatic rings. The van der Waals surface area contributed by atoms with E-state index in [0.717, 1.165) is 12.1 Å². The third kappa shape index (κ3) is 3.56. The summed E-state index contributed by atoms with van der Waals surface area (Å²) in [5.41, 5.74) is 1.05. The van der Waals surface area contributed by atoms with Gasteiger partial charge in [0.05, 0.1) is 16.1 Å². The van der Waals surface area contributed by atoms with Gasteiger partial charge in [-0.1, -0.05) is 23.2 Å². The van der Waals surface area contributed by atoms with Gasteiger partial charge in [0.15, 0.2) is 5.75 Å². The first kappa shape index (κ1) is 12.6. The van der Waals surface area contributed by atoms with Crippen molar-refractivity contribution in [1.29, 1.82) is 0 Å². The average Bonchev–Trinajstić information content (AvgIpc) is 2.11. The van der Waals surface area contributed by atoms with Crippen LogP contribution in [0.5, 0.6) is 5.75 Å². The number of halogens is 2.